The molecule has 13 heteroatoms. The Balaban J connectivity index is 1.31. The van der Waals surface area contributed by atoms with E-state index < -0.39 is 17.9 Å². The lowest BCUT2D eigenvalue weighted by Gasteiger charge is -2.33. The van der Waals surface area contributed by atoms with Crippen LogP contribution < -0.4 is 0 Å². The zero-order valence-corrected chi connectivity index (χ0v) is 20.5. The molecule has 0 aromatic carbocycles. The van der Waals surface area contributed by atoms with Gasteiger partial charge in [0.15, 0.2) is 0 Å². The van der Waals surface area contributed by atoms with Gasteiger partial charge in [-0.15, -0.1) is 0 Å². The number of amides is 1. The van der Waals surface area contributed by atoms with Gasteiger partial charge in [-0.3, -0.25) is 9.48 Å². The molecule has 0 saturated carbocycles. The van der Waals surface area contributed by atoms with Crippen molar-refractivity contribution in [1.29, 1.82) is 0 Å². The number of aromatic nitrogens is 8. The highest BCUT2D eigenvalue weighted by molar-refractivity contribution is 6.01. The largest absolute Gasteiger partial charge is 0.433 e. The van der Waals surface area contributed by atoms with Gasteiger partial charge in [-0.1, -0.05) is 12.1 Å². The molecule has 0 unspecified atom stereocenters. The molecule has 10 nitrogen and oxygen atoms in total. The number of pyridine rings is 2. The lowest BCUT2D eigenvalue weighted by Crippen LogP contribution is -2.41. The van der Waals surface area contributed by atoms with Crippen molar-refractivity contribution in [3.63, 3.8) is 0 Å². The van der Waals surface area contributed by atoms with Crippen LogP contribution in [0.1, 0.15) is 39.2 Å². The number of nitrogens with one attached hydrogen (secondary N) is 1. The molecule has 7 heterocycles. The van der Waals surface area contributed by atoms with Crippen molar-refractivity contribution < 1.29 is 18.0 Å². The van der Waals surface area contributed by atoms with Gasteiger partial charge >= 0.3 is 6.18 Å². The molecule has 1 N–H and O–H groups in total. The summed E-state index contributed by atoms with van der Waals surface area (Å²) in [5.41, 5.74) is 3.83. The summed E-state index contributed by atoms with van der Waals surface area (Å²) in [6.45, 7) is 0.323. The predicted molar refractivity (Wildman–Crippen MR) is 133 cm³/mol. The van der Waals surface area contributed by atoms with Crippen molar-refractivity contribution >= 4 is 16.9 Å². The summed E-state index contributed by atoms with van der Waals surface area (Å²) >= 11 is 0. The topological polar surface area (TPSA) is 101 Å². The van der Waals surface area contributed by atoms with Crippen molar-refractivity contribution in [1.82, 2.24) is 43.9 Å². The number of carbonyl (C=O) groups is 1. The number of aromatic amines is 1. The highest BCUT2D eigenvalue weighted by Gasteiger charge is 2.39. The van der Waals surface area contributed by atoms with Crippen molar-refractivity contribution in [3.05, 3.63) is 95.9 Å². The molecule has 0 aliphatic carbocycles. The van der Waals surface area contributed by atoms with Crippen LogP contribution in [0.5, 0.6) is 0 Å². The summed E-state index contributed by atoms with van der Waals surface area (Å²) in [5, 5.41) is 12.9. The van der Waals surface area contributed by atoms with Crippen LogP contribution in [0, 0.1) is 0 Å². The SMILES string of the molecule is Cn1cc(-c2ccc3c(C(=O)N4CCc5[nH]cnc5[C@@H]4c4cc5cccc(C(F)(F)F)n5n4)cnn3c2)cn1. The maximum atomic E-state index is 14.0. The third-order valence-corrected chi connectivity index (χ3v) is 7.05. The normalized spacial score (nSPS) is 15.8. The van der Waals surface area contributed by atoms with E-state index in [4.69, 9.17) is 0 Å². The Morgan fingerprint density at radius 1 is 1.08 bits per heavy atom. The number of H-pyrrole nitrogens is 1. The second-order valence-corrected chi connectivity index (χ2v) is 9.44. The van der Waals surface area contributed by atoms with Gasteiger partial charge in [-0.25, -0.2) is 14.0 Å². The van der Waals surface area contributed by atoms with E-state index in [1.807, 2.05) is 31.6 Å². The first-order valence-electron chi connectivity index (χ1n) is 12.1. The minimum Gasteiger partial charge on any atom is -0.348 e. The average Bonchev–Trinajstić information content (AvgIpc) is 3.71. The molecule has 1 amide bonds. The molecule has 6 aromatic rings. The van der Waals surface area contributed by atoms with Crippen LogP contribution in [0.15, 0.2) is 67.5 Å². The Morgan fingerprint density at radius 3 is 2.74 bits per heavy atom. The zero-order valence-electron chi connectivity index (χ0n) is 20.5. The van der Waals surface area contributed by atoms with Gasteiger partial charge in [0.25, 0.3) is 5.91 Å². The summed E-state index contributed by atoms with van der Waals surface area (Å²) in [5.74, 6) is -0.314. The van der Waals surface area contributed by atoms with E-state index >= 15 is 0 Å². The summed E-state index contributed by atoms with van der Waals surface area (Å²) in [6.07, 6.45) is 4.41. The molecular formula is C26H20F3N9O. The van der Waals surface area contributed by atoms with Crippen molar-refractivity contribution in [3.8, 4) is 11.1 Å². The van der Waals surface area contributed by atoms with Crippen molar-refractivity contribution in [2.45, 2.75) is 18.6 Å². The molecule has 39 heavy (non-hydrogen) atoms. The van der Waals surface area contributed by atoms with Gasteiger partial charge in [-0.05, 0) is 24.3 Å². The monoisotopic (exact) mass is 531 g/mol. The molecule has 0 spiro atoms. The number of carbonyl (C=O) groups excluding carboxylic acids is 1. The minimum atomic E-state index is -4.59. The van der Waals surface area contributed by atoms with E-state index in [1.54, 1.807) is 32.4 Å². The number of aryl methyl sites for hydroxylation is 1. The highest BCUT2D eigenvalue weighted by atomic mass is 19.4. The average molecular weight is 532 g/mol. The fourth-order valence-corrected chi connectivity index (χ4v) is 5.22. The summed E-state index contributed by atoms with van der Waals surface area (Å²) in [7, 11) is 1.83. The molecule has 0 saturated heterocycles. The molecule has 0 radical (unpaired) electrons. The van der Waals surface area contributed by atoms with E-state index in [-0.39, 0.29) is 11.4 Å². The Hall–Kier alpha value is -4.94. The maximum Gasteiger partial charge on any atom is 0.433 e. The summed E-state index contributed by atoms with van der Waals surface area (Å²) in [4.78, 5) is 23.1. The second-order valence-electron chi connectivity index (χ2n) is 9.44. The summed E-state index contributed by atoms with van der Waals surface area (Å²) < 4.78 is 45.2. The van der Waals surface area contributed by atoms with Crippen molar-refractivity contribution in [2.75, 3.05) is 6.54 Å². The van der Waals surface area contributed by atoms with Crippen LogP contribution in [-0.4, -0.2) is 56.3 Å². The van der Waals surface area contributed by atoms with Crippen LogP contribution in [-0.2, 0) is 19.6 Å². The predicted octanol–water partition coefficient (Wildman–Crippen LogP) is 3.91. The lowest BCUT2D eigenvalue weighted by molar-refractivity contribution is -0.142. The quantitative estimate of drug-likeness (QED) is 0.373. The number of fused-ring (bicyclic) bond motifs is 3. The standard InChI is InChI=1S/C26H20F3N9O/c1-35-12-16(10-32-35)15-5-6-21-18(11-33-37(21)13-15)25(39)36-8-7-19-23(31-14-30-19)24(36)20-9-17-3-2-4-22(26(27,28)29)38(17)34-20/h2-6,9-14,24H,7-8H2,1H3,(H,30,31)/t24-/m0/s1. The molecule has 7 rings (SSSR count). The molecule has 1 aliphatic heterocycles. The molecule has 0 bridgehead atoms. The Morgan fingerprint density at radius 2 is 1.95 bits per heavy atom. The van der Waals surface area contributed by atoms with E-state index in [2.05, 4.69) is 25.3 Å². The van der Waals surface area contributed by atoms with E-state index in [0.717, 1.165) is 27.4 Å². The van der Waals surface area contributed by atoms with Gasteiger partial charge in [0.2, 0.25) is 0 Å². The van der Waals surface area contributed by atoms with Gasteiger partial charge in [0.1, 0.15) is 11.7 Å². The smallest absolute Gasteiger partial charge is 0.348 e. The third-order valence-electron chi connectivity index (χ3n) is 7.05. The van der Waals surface area contributed by atoms with E-state index in [0.29, 0.717) is 35.4 Å². The molecular weight excluding hydrogens is 511 g/mol. The fourth-order valence-electron chi connectivity index (χ4n) is 5.22. The number of hydrogen-bond donors (Lipinski definition) is 1. The Kier molecular flexibility index (Phi) is 4.93. The lowest BCUT2D eigenvalue weighted by atomic mass is 9.98. The number of hydrogen-bond acceptors (Lipinski definition) is 5. The third kappa shape index (κ3) is 3.68. The van der Waals surface area contributed by atoms with E-state index in [9.17, 15) is 18.0 Å². The molecule has 6 aromatic heterocycles. The van der Waals surface area contributed by atoms with Gasteiger partial charge in [0.05, 0.1) is 46.7 Å². The van der Waals surface area contributed by atoms with Gasteiger partial charge < -0.3 is 9.88 Å². The number of rotatable bonds is 3. The highest BCUT2D eigenvalue weighted by Crippen LogP contribution is 2.36. The molecule has 0 fully saturated rings. The van der Waals surface area contributed by atoms with Gasteiger partial charge in [0, 0.05) is 49.2 Å². The number of halogens is 3. The van der Waals surface area contributed by atoms with Crippen molar-refractivity contribution in [2.24, 2.45) is 7.05 Å². The zero-order chi connectivity index (χ0) is 26.9. The second kappa shape index (κ2) is 8.28. The van der Waals surface area contributed by atoms with Crippen LogP contribution >= 0.6 is 0 Å². The van der Waals surface area contributed by atoms with Crippen LogP contribution in [0.25, 0.3) is 22.2 Å². The minimum absolute atomic E-state index is 0.272. The number of nitrogens with zero attached hydrogens (tertiary/aromatic N) is 8. The van der Waals surface area contributed by atoms with Crippen LogP contribution in [0.2, 0.25) is 0 Å². The first-order chi connectivity index (χ1) is 18.8. The maximum absolute atomic E-state index is 14.0. The Bertz CT molecular complexity index is 1880. The first kappa shape index (κ1) is 23.2. The summed E-state index contributed by atoms with van der Waals surface area (Å²) in [6, 6.07) is 8.38. The first-order valence-corrected chi connectivity index (χ1v) is 12.1. The molecule has 1 atom stereocenters. The van der Waals surface area contributed by atoms with Crippen LogP contribution in [0.3, 0.4) is 0 Å². The fraction of sp³-hybridized carbons (Fsp3) is 0.192. The van der Waals surface area contributed by atoms with Crippen LogP contribution in [0.4, 0.5) is 13.2 Å². The molecule has 196 valence electrons. The number of alkyl halides is 3. The molecule has 1 aliphatic rings. The Labute approximate surface area is 218 Å². The van der Waals surface area contributed by atoms with E-state index in [1.165, 1.54) is 18.6 Å². The number of imidazole rings is 1. The van der Waals surface area contributed by atoms with Gasteiger partial charge in [-0.2, -0.15) is 28.5 Å².